The van der Waals surface area contributed by atoms with Gasteiger partial charge in [0, 0.05) is 12.4 Å². The predicted molar refractivity (Wildman–Crippen MR) is 57.5 cm³/mol. The van der Waals surface area contributed by atoms with Crippen molar-refractivity contribution in [2.24, 2.45) is 0 Å². The fraction of sp³-hybridized carbons (Fsp3) is 0.182. The van der Waals surface area contributed by atoms with Crippen LogP contribution in [0.2, 0.25) is 0 Å². The Labute approximate surface area is 105 Å². The summed E-state index contributed by atoms with van der Waals surface area (Å²) in [7, 11) is 0. The molecule has 2 heterocycles. The van der Waals surface area contributed by atoms with E-state index < -0.39 is 17.8 Å². The van der Waals surface area contributed by atoms with Gasteiger partial charge in [0.1, 0.15) is 0 Å². The predicted octanol–water partition coefficient (Wildman–Crippen LogP) is 2.04. The van der Waals surface area contributed by atoms with E-state index in [1.165, 1.54) is 18.3 Å². The number of rotatable bonds is 3. The number of nitrogens with zero attached hydrogens (tertiary/aromatic N) is 3. The number of carboxylic acid groups (broad SMARTS) is 1. The smallest absolute Gasteiger partial charge is 0.435 e. The summed E-state index contributed by atoms with van der Waals surface area (Å²) in [4.78, 5) is 14.8. The zero-order chi connectivity index (χ0) is 14.0. The van der Waals surface area contributed by atoms with E-state index in [1.807, 2.05) is 0 Å². The maximum Gasteiger partial charge on any atom is 0.435 e. The molecule has 0 aliphatic carbocycles. The molecular formula is C11H8F3N3O2. The van der Waals surface area contributed by atoms with Crippen molar-refractivity contribution in [2.45, 2.75) is 12.7 Å². The molecule has 0 radical (unpaired) electrons. The van der Waals surface area contributed by atoms with Gasteiger partial charge in [-0.3, -0.25) is 9.67 Å². The van der Waals surface area contributed by atoms with Crippen molar-refractivity contribution in [1.82, 2.24) is 14.8 Å². The van der Waals surface area contributed by atoms with Crippen LogP contribution in [0.5, 0.6) is 0 Å². The van der Waals surface area contributed by atoms with Gasteiger partial charge in [-0.25, -0.2) is 4.79 Å². The van der Waals surface area contributed by atoms with Crippen LogP contribution in [0, 0.1) is 0 Å². The molecule has 0 fully saturated rings. The topological polar surface area (TPSA) is 68.0 Å². The third-order valence-corrected chi connectivity index (χ3v) is 2.36. The standard InChI is InChI=1S/C11H8F3N3O2/c12-11(13,14)9-3-5-17(16-9)6-8-7(10(18)19)2-1-4-15-8/h1-5H,6H2,(H,18,19). The van der Waals surface area contributed by atoms with E-state index in [1.54, 1.807) is 0 Å². The van der Waals surface area contributed by atoms with Crippen molar-refractivity contribution in [1.29, 1.82) is 0 Å². The Morgan fingerprint density at radius 2 is 2.11 bits per heavy atom. The molecule has 1 N–H and O–H groups in total. The fourth-order valence-electron chi connectivity index (χ4n) is 1.51. The second kappa shape index (κ2) is 4.71. The number of aromatic nitrogens is 3. The molecule has 0 aliphatic heterocycles. The van der Waals surface area contributed by atoms with Crippen molar-refractivity contribution in [3.8, 4) is 0 Å². The Morgan fingerprint density at radius 3 is 2.68 bits per heavy atom. The van der Waals surface area contributed by atoms with Gasteiger partial charge in [-0.05, 0) is 18.2 Å². The van der Waals surface area contributed by atoms with Crippen LogP contribution in [0.25, 0.3) is 0 Å². The molecule has 2 aromatic rings. The molecule has 0 unspecified atom stereocenters. The van der Waals surface area contributed by atoms with Crippen LogP contribution in [-0.2, 0) is 12.7 Å². The lowest BCUT2D eigenvalue weighted by molar-refractivity contribution is -0.141. The summed E-state index contributed by atoms with van der Waals surface area (Å²) >= 11 is 0. The lowest BCUT2D eigenvalue weighted by atomic mass is 10.2. The van der Waals surface area contributed by atoms with E-state index in [9.17, 15) is 18.0 Å². The monoisotopic (exact) mass is 271 g/mol. The van der Waals surface area contributed by atoms with Gasteiger partial charge in [0.25, 0.3) is 0 Å². The third kappa shape index (κ3) is 2.90. The number of hydrogen-bond donors (Lipinski definition) is 1. The molecule has 0 aliphatic rings. The summed E-state index contributed by atoms with van der Waals surface area (Å²) in [5.41, 5.74) is -0.946. The number of halogens is 3. The first kappa shape index (κ1) is 13.1. The number of carbonyl (C=O) groups is 1. The number of aromatic carboxylic acids is 1. The van der Waals surface area contributed by atoms with Gasteiger partial charge in [0.2, 0.25) is 0 Å². The van der Waals surface area contributed by atoms with Crippen molar-refractivity contribution in [3.63, 3.8) is 0 Å². The van der Waals surface area contributed by atoms with E-state index in [4.69, 9.17) is 5.11 Å². The number of alkyl halides is 3. The van der Waals surface area contributed by atoms with Crippen molar-refractivity contribution in [2.75, 3.05) is 0 Å². The van der Waals surface area contributed by atoms with Gasteiger partial charge in [0.15, 0.2) is 5.69 Å². The highest BCUT2D eigenvalue weighted by Crippen LogP contribution is 2.27. The molecule has 0 aromatic carbocycles. The second-order valence-electron chi connectivity index (χ2n) is 3.70. The van der Waals surface area contributed by atoms with E-state index >= 15 is 0 Å². The first-order valence-corrected chi connectivity index (χ1v) is 5.16. The van der Waals surface area contributed by atoms with Crippen LogP contribution >= 0.6 is 0 Å². The zero-order valence-corrected chi connectivity index (χ0v) is 9.42. The van der Waals surface area contributed by atoms with Gasteiger partial charge in [-0.15, -0.1) is 0 Å². The molecule has 0 atom stereocenters. The summed E-state index contributed by atoms with van der Waals surface area (Å²) in [5, 5.41) is 12.3. The molecule has 2 aromatic heterocycles. The van der Waals surface area contributed by atoms with Crippen molar-refractivity contribution in [3.05, 3.63) is 47.5 Å². The van der Waals surface area contributed by atoms with Crippen LogP contribution in [0.3, 0.4) is 0 Å². The SMILES string of the molecule is O=C(O)c1cccnc1Cn1ccc(C(F)(F)F)n1. The summed E-state index contributed by atoms with van der Waals surface area (Å²) in [6.45, 7) is -0.140. The first-order valence-electron chi connectivity index (χ1n) is 5.16. The van der Waals surface area contributed by atoms with Gasteiger partial charge in [-0.1, -0.05) is 0 Å². The van der Waals surface area contributed by atoms with Gasteiger partial charge in [0.05, 0.1) is 17.8 Å². The molecule has 0 amide bonds. The van der Waals surface area contributed by atoms with E-state index in [0.717, 1.165) is 16.9 Å². The molecule has 0 saturated carbocycles. The average molecular weight is 271 g/mol. The molecular weight excluding hydrogens is 263 g/mol. The number of carboxylic acids is 1. The molecule has 0 spiro atoms. The van der Waals surface area contributed by atoms with Crippen LogP contribution < -0.4 is 0 Å². The molecule has 100 valence electrons. The zero-order valence-electron chi connectivity index (χ0n) is 9.42. The molecule has 2 rings (SSSR count). The highest BCUT2D eigenvalue weighted by atomic mass is 19.4. The van der Waals surface area contributed by atoms with Crippen LogP contribution in [0.15, 0.2) is 30.6 Å². The Hall–Kier alpha value is -2.38. The van der Waals surface area contributed by atoms with Crippen LogP contribution in [0.1, 0.15) is 21.7 Å². The summed E-state index contributed by atoms with van der Waals surface area (Å²) in [6.07, 6.45) is -2.02. The Bertz CT molecular complexity index is 607. The van der Waals surface area contributed by atoms with Crippen molar-refractivity contribution >= 4 is 5.97 Å². The highest BCUT2D eigenvalue weighted by Gasteiger charge is 2.33. The van der Waals surface area contributed by atoms with Crippen molar-refractivity contribution < 1.29 is 23.1 Å². The van der Waals surface area contributed by atoms with Gasteiger partial charge >= 0.3 is 12.1 Å². The maximum atomic E-state index is 12.4. The third-order valence-electron chi connectivity index (χ3n) is 2.36. The van der Waals surface area contributed by atoms with E-state index in [2.05, 4.69) is 10.1 Å². The lowest BCUT2D eigenvalue weighted by Crippen LogP contribution is -2.11. The summed E-state index contributed by atoms with van der Waals surface area (Å²) in [5.74, 6) is -1.19. The second-order valence-corrected chi connectivity index (χ2v) is 3.70. The minimum Gasteiger partial charge on any atom is -0.478 e. The number of pyridine rings is 1. The summed E-state index contributed by atoms with van der Waals surface area (Å²) in [6, 6.07) is 3.60. The number of hydrogen-bond acceptors (Lipinski definition) is 3. The normalized spacial score (nSPS) is 11.5. The fourth-order valence-corrected chi connectivity index (χ4v) is 1.51. The van der Waals surface area contributed by atoms with E-state index in [-0.39, 0.29) is 17.8 Å². The first-order chi connectivity index (χ1) is 8.88. The minimum absolute atomic E-state index is 0.0634. The van der Waals surface area contributed by atoms with Crippen LogP contribution in [0.4, 0.5) is 13.2 Å². The lowest BCUT2D eigenvalue weighted by Gasteiger charge is -2.05. The molecule has 0 saturated heterocycles. The Kier molecular flexibility index (Phi) is 3.24. The molecule has 19 heavy (non-hydrogen) atoms. The van der Waals surface area contributed by atoms with Gasteiger partial charge in [-0.2, -0.15) is 18.3 Å². The average Bonchev–Trinajstić information content (AvgIpc) is 2.77. The minimum atomic E-state index is -4.52. The Balaban J connectivity index is 2.27. The molecule has 8 heteroatoms. The Morgan fingerprint density at radius 1 is 1.37 bits per heavy atom. The summed E-state index contributed by atoms with van der Waals surface area (Å²) < 4.78 is 38.1. The molecule has 0 bridgehead atoms. The largest absolute Gasteiger partial charge is 0.478 e. The molecule has 5 nitrogen and oxygen atoms in total. The van der Waals surface area contributed by atoms with Crippen LogP contribution in [-0.4, -0.2) is 25.8 Å². The van der Waals surface area contributed by atoms with Gasteiger partial charge < -0.3 is 5.11 Å². The highest BCUT2D eigenvalue weighted by molar-refractivity contribution is 5.88. The quantitative estimate of drug-likeness (QED) is 0.927. The maximum absolute atomic E-state index is 12.4. The van der Waals surface area contributed by atoms with E-state index in [0.29, 0.717) is 0 Å².